The zero-order valence-electron chi connectivity index (χ0n) is 21.9. The second-order valence-electron chi connectivity index (χ2n) is 9.09. The Bertz CT molecular complexity index is 1210. The average molecular weight is 502 g/mol. The number of ether oxygens (including phenoxy) is 1. The maximum atomic E-state index is 13.0. The SMILES string of the molecule is CCOC(=O)c1ccc(NC(=O)N2CCCN(c3nc(C)nc(CC)c3Cc3ccccc3)CC2)cc1. The standard InChI is InChI=1S/C29H35N5O3/c1-4-26-25(20-22-10-7-6-8-11-22)27(31-21(3)30-26)33-16-9-17-34(19-18-33)29(36)32-24-14-12-23(13-15-24)28(35)37-5-2/h6-8,10-15H,4-5,9,16-20H2,1-3H3,(H,32,36). The smallest absolute Gasteiger partial charge is 0.338 e. The van der Waals surface area contributed by atoms with E-state index in [0.29, 0.717) is 37.5 Å². The van der Waals surface area contributed by atoms with Crippen LogP contribution in [0.3, 0.4) is 0 Å². The third-order valence-electron chi connectivity index (χ3n) is 6.47. The molecule has 2 amide bonds. The van der Waals surface area contributed by atoms with Gasteiger partial charge in [0.15, 0.2) is 0 Å². The van der Waals surface area contributed by atoms with Crippen molar-refractivity contribution in [2.24, 2.45) is 0 Å². The Morgan fingerprint density at radius 3 is 2.41 bits per heavy atom. The van der Waals surface area contributed by atoms with Crippen LogP contribution < -0.4 is 10.2 Å². The minimum Gasteiger partial charge on any atom is -0.462 e. The zero-order chi connectivity index (χ0) is 26.2. The van der Waals surface area contributed by atoms with E-state index in [1.165, 1.54) is 11.1 Å². The molecule has 2 aromatic carbocycles. The molecular weight excluding hydrogens is 466 g/mol. The number of carbonyl (C=O) groups excluding carboxylic acids is 2. The molecule has 0 saturated carbocycles. The van der Waals surface area contributed by atoms with Gasteiger partial charge in [-0.05, 0) is 56.5 Å². The van der Waals surface area contributed by atoms with Crippen LogP contribution in [0.2, 0.25) is 0 Å². The molecule has 0 atom stereocenters. The molecule has 8 nitrogen and oxygen atoms in total. The summed E-state index contributed by atoms with van der Waals surface area (Å²) in [7, 11) is 0. The largest absolute Gasteiger partial charge is 0.462 e. The molecule has 4 rings (SSSR count). The van der Waals surface area contributed by atoms with E-state index in [0.717, 1.165) is 43.1 Å². The first-order valence-electron chi connectivity index (χ1n) is 13.0. The van der Waals surface area contributed by atoms with E-state index in [4.69, 9.17) is 14.7 Å². The number of benzene rings is 2. The van der Waals surface area contributed by atoms with Crippen molar-refractivity contribution < 1.29 is 14.3 Å². The molecule has 1 fully saturated rings. The predicted octanol–water partition coefficient (Wildman–Crippen LogP) is 4.86. The van der Waals surface area contributed by atoms with E-state index in [2.05, 4.69) is 41.4 Å². The Balaban J connectivity index is 1.45. The molecule has 8 heteroatoms. The summed E-state index contributed by atoms with van der Waals surface area (Å²) in [5.74, 6) is 1.38. The van der Waals surface area contributed by atoms with Gasteiger partial charge in [-0.1, -0.05) is 37.3 Å². The number of aryl methyl sites for hydroxylation is 2. The second-order valence-corrected chi connectivity index (χ2v) is 9.09. The number of hydrogen-bond donors (Lipinski definition) is 1. The Morgan fingerprint density at radius 2 is 1.70 bits per heavy atom. The van der Waals surface area contributed by atoms with Crippen molar-refractivity contribution in [3.8, 4) is 0 Å². The summed E-state index contributed by atoms with van der Waals surface area (Å²) in [6.45, 7) is 8.92. The number of nitrogens with one attached hydrogen (secondary N) is 1. The number of nitrogens with zero attached hydrogens (tertiary/aromatic N) is 4. The predicted molar refractivity (Wildman–Crippen MR) is 145 cm³/mol. The van der Waals surface area contributed by atoms with Gasteiger partial charge in [0.05, 0.1) is 12.2 Å². The molecule has 0 bridgehead atoms. The van der Waals surface area contributed by atoms with Gasteiger partial charge in [0.1, 0.15) is 11.6 Å². The number of carbonyl (C=O) groups is 2. The molecule has 1 aliphatic heterocycles. The summed E-state index contributed by atoms with van der Waals surface area (Å²) >= 11 is 0. The Kier molecular flexibility index (Phi) is 8.72. The molecule has 0 radical (unpaired) electrons. The lowest BCUT2D eigenvalue weighted by molar-refractivity contribution is 0.0526. The Morgan fingerprint density at radius 1 is 0.946 bits per heavy atom. The first-order chi connectivity index (χ1) is 18.0. The molecule has 0 unspecified atom stereocenters. The summed E-state index contributed by atoms with van der Waals surface area (Å²) < 4.78 is 5.02. The van der Waals surface area contributed by atoms with Gasteiger partial charge >= 0.3 is 12.0 Å². The molecule has 1 aliphatic rings. The molecule has 3 aromatic rings. The van der Waals surface area contributed by atoms with Crippen LogP contribution >= 0.6 is 0 Å². The molecule has 0 aliphatic carbocycles. The van der Waals surface area contributed by atoms with Gasteiger partial charge in [0, 0.05) is 49.5 Å². The average Bonchev–Trinajstić information content (AvgIpc) is 3.17. The minimum absolute atomic E-state index is 0.150. The number of amides is 2. The third kappa shape index (κ3) is 6.64. The highest BCUT2D eigenvalue weighted by molar-refractivity contribution is 5.92. The topological polar surface area (TPSA) is 87.7 Å². The number of anilines is 2. The lowest BCUT2D eigenvalue weighted by Gasteiger charge is -2.26. The van der Waals surface area contributed by atoms with E-state index in [9.17, 15) is 9.59 Å². The van der Waals surface area contributed by atoms with Gasteiger partial charge in [-0.25, -0.2) is 19.6 Å². The minimum atomic E-state index is -0.370. The van der Waals surface area contributed by atoms with Crippen molar-refractivity contribution in [1.29, 1.82) is 0 Å². The maximum absolute atomic E-state index is 13.0. The number of aromatic nitrogens is 2. The molecule has 1 saturated heterocycles. The second kappa shape index (κ2) is 12.3. The van der Waals surface area contributed by atoms with Crippen LogP contribution in [-0.2, 0) is 17.6 Å². The highest BCUT2D eigenvalue weighted by Gasteiger charge is 2.23. The van der Waals surface area contributed by atoms with Crippen molar-refractivity contribution in [3.63, 3.8) is 0 Å². The third-order valence-corrected chi connectivity index (χ3v) is 6.47. The van der Waals surface area contributed by atoms with Crippen molar-refractivity contribution >= 4 is 23.5 Å². The summed E-state index contributed by atoms with van der Waals surface area (Å²) in [6.07, 6.45) is 2.46. The van der Waals surface area contributed by atoms with Crippen LogP contribution in [0.4, 0.5) is 16.3 Å². The fraction of sp³-hybridized carbons (Fsp3) is 0.379. The summed E-state index contributed by atoms with van der Waals surface area (Å²) in [5, 5.41) is 2.95. The summed E-state index contributed by atoms with van der Waals surface area (Å²) in [6, 6.07) is 17.0. The van der Waals surface area contributed by atoms with Crippen LogP contribution in [0.5, 0.6) is 0 Å². The number of esters is 1. The van der Waals surface area contributed by atoms with Crippen LogP contribution in [0, 0.1) is 6.92 Å². The first kappa shape index (κ1) is 26.1. The van der Waals surface area contributed by atoms with E-state index >= 15 is 0 Å². The van der Waals surface area contributed by atoms with Gasteiger partial charge in [0.25, 0.3) is 0 Å². The maximum Gasteiger partial charge on any atom is 0.338 e. The van der Waals surface area contributed by atoms with Gasteiger partial charge in [-0.2, -0.15) is 0 Å². The highest BCUT2D eigenvalue weighted by atomic mass is 16.5. The van der Waals surface area contributed by atoms with Crippen molar-refractivity contribution in [1.82, 2.24) is 14.9 Å². The zero-order valence-corrected chi connectivity index (χ0v) is 21.9. The highest BCUT2D eigenvalue weighted by Crippen LogP contribution is 2.26. The van der Waals surface area contributed by atoms with E-state index in [1.54, 1.807) is 31.2 Å². The lowest BCUT2D eigenvalue weighted by Crippen LogP contribution is -2.38. The number of hydrogen-bond acceptors (Lipinski definition) is 6. The molecule has 1 N–H and O–H groups in total. The van der Waals surface area contributed by atoms with E-state index in [-0.39, 0.29) is 12.0 Å². The number of rotatable bonds is 7. The summed E-state index contributed by atoms with van der Waals surface area (Å²) in [4.78, 5) is 38.6. The van der Waals surface area contributed by atoms with E-state index in [1.807, 2.05) is 17.9 Å². The quantitative estimate of drug-likeness (QED) is 0.465. The van der Waals surface area contributed by atoms with Gasteiger partial charge < -0.3 is 19.9 Å². The molecule has 0 spiro atoms. The van der Waals surface area contributed by atoms with Crippen LogP contribution in [0.1, 0.15) is 53.3 Å². The van der Waals surface area contributed by atoms with Gasteiger partial charge in [0.2, 0.25) is 0 Å². The van der Waals surface area contributed by atoms with Crippen molar-refractivity contribution in [2.75, 3.05) is 43.0 Å². The Hall–Kier alpha value is -3.94. The molecule has 2 heterocycles. The van der Waals surface area contributed by atoms with Crippen LogP contribution in [0.15, 0.2) is 54.6 Å². The Labute approximate surface area is 218 Å². The summed E-state index contributed by atoms with van der Waals surface area (Å²) in [5.41, 5.74) is 4.58. The van der Waals surface area contributed by atoms with Crippen molar-refractivity contribution in [3.05, 3.63) is 82.8 Å². The van der Waals surface area contributed by atoms with Gasteiger partial charge in [-0.3, -0.25) is 0 Å². The van der Waals surface area contributed by atoms with Crippen LogP contribution in [-0.4, -0.2) is 59.7 Å². The van der Waals surface area contributed by atoms with Crippen molar-refractivity contribution in [2.45, 2.75) is 40.0 Å². The first-order valence-corrected chi connectivity index (χ1v) is 13.0. The van der Waals surface area contributed by atoms with E-state index < -0.39 is 0 Å². The van der Waals surface area contributed by atoms with Crippen LogP contribution in [0.25, 0.3) is 0 Å². The monoisotopic (exact) mass is 501 g/mol. The molecule has 194 valence electrons. The fourth-order valence-corrected chi connectivity index (χ4v) is 4.61. The molecular formula is C29H35N5O3. The fourth-order valence-electron chi connectivity index (χ4n) is 4.61. The molecule has 1 aromatic heterocycles. The number of urea groups is 1. The van der Waals surface area contributed by atoms with Gasteiger partial charge in [-0.15, -0.1) is 0 Å². The normalized spacial score (nSPS) is 13.7. The molecule has 37 heavy (non-hydrogen) atoms. The lowest BCUT2D eigenvalue weighted by atomic mass is 10.0.